The minimum atomic E-state index is 0.0698. The van der Waals surface area contributed by atoms with Crippen LogP contribution < -0.4 is 0 Å². The molecule has 0 bridgehead atoms. The highest BCUT2D eigenvalue weighted by Gasteiger charge is 2.42. The molecule has 278 valence electrons. The van der Waals surface area contributed by atoms with Crippen LogP contribution in [0.1, 0.15) is 113 Å². The molecule has 8 rings (SSSR count). The van der Waals surface area contributed by atoms with Crippen LogP contribution in [0.2, 0.25) is 0 Å². The number of aryl methyl sites for hydroxylation is 3. The van der Waals surface area contributed by atoms with Crippen LogP contribution >= 0.6 is 0 Å². The van der Waals surface area contributed by atoms with Crippen molar-refractivity contribution in [1.29, 1.82) is 0 Å². The van der Waals surface area contributed by atoms with Gasteiger partial charge in [0.15, 0.2) is 0 Å². The molecule has 1 aliphatic carbocycles. The lowest BCUT2D eigenvalue weighted by atomic mass is 9.70. The standard InChI is InChI=1S/C55H58/c1-6-9-11-15-31-55(32-16-12-10-7-2)51-34-39(5)25-28-45(51)46-30-27-42(37-52(46)55)41-20-18-22-44(36-41)54-48-24-14-13-23-47(48)53(43-21-17-19-38(4)33-43)49-29-26-40(8-3)35-50(49)54/h13-14,17-30,33-37H,6-12,15-16,31-32H2,1-5H3. The zero-order valence-corrected chi connectivity index (χ0v) is 33.9. The average Bonchev–Trinajstić information content (AvgIpc) is 3.47. The molecular formula is C55H58. The third-order valence-electron chi connectivity index (χ3n) is 12.7. The van der Waals surface area contributed by atoms with E-state index in [9.17, 15) is 0 Å². The van der Waals surface area contributed by atoms with Gasteiger partial charge in [0, 0.05) is 5.41 Å². The van der Waals surface area contributed by atoms with E-state index in [-0.39, 0.29) is 5.41 Å². The molecule has 0 fully saturated rings. The molecule has 0 unspecified atom stereocenters. The summed E-state index contributed by atoms with van der Waals surface area (Å²) in [5.41, 5.74) is 18.0. The van der Waals surface area contributed by atoms with Crippen molar-refractivity contribution in [3.8, 4) is 44.5 Å². The number of fused-ring (bicyclic) bond motifs is 5. The number of rotatable bonds is 14. The Labute approximate surface area is 330 Å². The van der Waals surface area contributed by atoms with Crippen molar-refractivity contribution in [2.75, 3.05) is 0 Å². The molecule has 55 heavy (non-hydrogen) atoms. The van der Waals surface area contributed by atoms with E-state index in [0.29, 0.717) is 0 Å². The van der Waals surface area contributed by atoms with Crippen molar-refractivity contribution in [2.24, 2.45) is 0 Å². The van der Waals surface area contributed by atoms with Gasteiger partial charge in [-0.05, 0) is 128 Å². The van der Waals surface area contributed by atoms with Gasteiger partial charge in [0.05, 0.1) is 0 Å². The fourth-order valence-corrected chi connectivity index (χ4v) is 9.88. The van der Waals surface area contributed by atoms with Gasteiger partial charge < -0.3 is 0 Å². The molecule has 0 saturated carbocycles. The van der Waals surface area contributed by atoms with Gasteiger partial charge in [-0.1, -0.05) is 199 Å². The number of benzene rings is 7. The molecule has 0 aromatic heterocycles. The zero-order chi connectivity index (χ0) is 37.9. The van der Waals surface area contributed by atoms with Crippen molar-refractivity contribution in [2.45, 2.75) is 111 Å². The van der Waals surface area contributed by atoms with Crippen LogP contribution in [0.15, 0.2) is 127 Å². The molecule has 1 aliphatic rings. The summed E-state index contributed by atoms with van der Waals surface area (Å²) in [4.78, 5) is 0. The molecule has 0 nitrogen and oxygen atoms in total. The second-order valence-electron chi connectivity index (χ2n) is 16.5. The second kappa shape index (κ2) is 16.0. The Morgan fingerprint density at radius 1 is 0.400 bits per heavy atom. The van der Waals surface area contributed by atoms with E-state index < -0.39 is 0 Å². The van der Waals surface area contributed by atoms with Gasteiger partial charge in [-0.25, -0.2) is 0 Å². The maximum Gasteiger partial charge on any atom is 0.0215 e. The zero-order valence-electron chi connectivity index (χ0n) is 33.9. The Bertz CT molecular complexity index is 2460. The summed E-state index contributed by atoms with van der Waals surface area (Å²) in [6, 6.07) is 49.5. The summed E-state index contributed by atoms with van der Waals surface area (Å²) in [7, 11) is 0. The molecule has 0 saturated heterocycles. The number of unbranched alkanes of at least 4 members (excludes halogenated alkanes) is 6. The van der Waals surface area contributed by atoms with Crippen LogP contribution in [0, 0.1) is 13.8 Å². The summed E-state index contributed by atoms with van der Waals surface area (Å²) in [5.74, 6) is 0. The second-order valence-corrected chi connectivity index (χ2v) is 16.5. The van der Waals surface area contributed by atoms with Crippen LogP contribution in [0.3, 0.4) is 0 Å². The lowest BCUT2D eigenvalue weighted by Gasteiger charge is -2.33. The molecule has 7 aromatic carbocycles. The first-order valence-corrected chi connectivity index (χ1v) is 21.4. The topological polar surface area (TPSA) is 0 Å². The first kappa shape index (κ1) is 37.0. The van der Waals surface area contributed by atoms with Crippen LogP contribution in [0.5, 0.6) is 0 Å². The molecule has 0 heterocycles. The SMILES string of the molecule is CCCCCCC1(CCCCCC)c2cc(C)ccc2-c2ccc(-c3cccc(-c4c5ccccc5c(-c5cccc(C)c5)c5ccc(CC)cc45)c3)cc21. The summed E-state index contributed by atoms with van der Waals surface area (Å²) < 4.78 is 0. The van der Waals surface area contributed by atoms with E-state index in [0.717, 1.165) is 6.42 Å². The minimum Gasteiger partial charge on any atom is -0.0654 e. The third-order valence-corrected chi connectivity index (χ3v) is 12.7. The van der Waals surface area contributed by atoms with Gasteiger partial charge in [0.1, 0.15) is 0 Å². The minimum absolute atomic E-state index is 0.0698. The monoisotopic (exact) mass is 718 g/mol. The van der Waals surface area contributed by atoms with Gasteiger partial charge in [-0.3, -0.25) is 0 Å². The van der Waals surface area contributed by atoms with Crippen LogP contribution in [0.25, 0.3) is 66.1 Å². The fourth-order valence-electron chi connectivity index (χ4n) is 9.88. The van der Waals surface area contributed by atoms with Gasteiger partial charge in [0.25, 0.3) is 0 Å². The summed E-state index contributed by atoms with van der Waals surface area (Å²) in [6.07, 6.45) is 13.9. The fraction of sp³-hybridized carbons (Fsp3) is 0.309. The average molecular weight is 719 g/mol. The van der Waals surface area contributed by atoms with Crippen molar-refractivity contribution >= 4 is 21.5 Å². The van der Waals surface area contributed by atoms with Gasteiger partial charge >= 0.3 is 0 Å². The molecule has 0 amide bonds. The van der Waals surface area contributed by atoms with E-state index in [1.807, 2.05) is 0 Å². The Balaban J connectivity index is 1.30. The molecule has 0 spiro atoms. The van der Waals surface area contributed by atoms with Crippen LogP contribution in [-0.2, 0) is 11.8 Å². The first-order valence-electron chi connectivity index (χ1n) is 21.4. The highest BCUT2D eigenvalue weighted by molar-refractivity contribution is 6.21. The molecule has 0 heteroatoms. The van der Waals surface area contributed by atoms with Crippen molar-refractivity contribution in [1.82, 2.24) is 0 Å². The third kappa shape index (κ3) is 6.95. The molecule has 0 aliphatic heterocycles. The maximum absolute atomic E-state index is 2.61. The Kier molecular flexibility index (Phi) is 10.8. The Hall–Kier alpha value is -4.94. The summed E-state index contributed by atoms with van der Waals surface area (Å²) in [5, 5.41) is 5.29. The predicted octanol–water partition coefficient (Wildman–Crippen LogP) is 16.4. The summed E-state index contributed by atoms with van der Waals surface area (Å²) >= 11 is 0. The molecule has 7 aromatic rings. The van der Waals surface area contributed by atoms with E-state index in [4.69, 9.17) is 0 Å². The lowest BCUT2D eigenvalue weighted by molar-refractivity contribution is 0.401. The smallest absolute Gasteiger partial charge is 0.0215 e. The predicted molar refractivity (Wildman–Crippen MR) is 240 cm³/mol. The van der Waals surface area contributed by atoms with Gasteiger partial charge in [-0.15, -0.1) is 0 Å². The van der Waals surface area contributed by atoms with E-state index in [2.05, 4.69) is 162 Å². The molecule has 0 N–H and O–H groups in total. The van der Waals surface area contributed by atoms with Crippen molar-refractivity contribution in [3.05, 3.63) is 155 Å². The first-order chi connectivity index (χ1) is 27.0. The Morgan fingerprint density at radius 2 is 0.964 bits per heavy atom. The van der Waals surface area contributed by atoms with E-state index in [1.54, 1.807) is 11.1 Å². The molecular weight excluding hydrogens is 661 g/mol. The number of hydrogen-bond donors (Lipinski definition) is 0. The molecule has 0 radical (unpaired) electrons. The largest absolute Gasteiger partial charge is 0.0654 e. The van der Waals surface area contributed by atoms with Crippen LogP contribution in [-0.4, -0.2) is 0 Å². The van der Waals surface area contributed by atoms with E-state index >= 15 is 0 Å². The highest BCUT2D eigenvalue weighted by atomic mass is 14.4. The summed E-state index contributed by atoms with van der Waals surface area (Å²) in [6.45, 7) is 11.4. The number of hydrogen-bond acceptors (Lipinski definition) is 0. The normalized spacial score (nSPS) is 13.0. The quantitative estimate of drug-likeness (QED) is 0.0776. The van der Waals surface area contributed by atoms with Crippen molar-refractivity contribution < 1.29 is 0 Å². The van der Waals surface area contributed by atoms with Crippen molar-refractivity contribution in [3.63, 3.8) is 0 Å². The van der Waals surface area contributed by atoms with E-state index in [1.165, 1.54) is 147 Å². The van der Waals surface area contributed by atoms with Gasteiger partial charge in [-0.2, -0.15) is 0 Å². The van der Waals surface area contributed by atoms with Crippen LogP contribution in [0.4, 0.5) is 0 Å². The molecule has 0 atom stereocenters. The Morgan fingerprint density at radius 3 is 1.64 bits per heavy atom. The highest BCUT2D eigenvalue weighted by Crippen LogP contribution is 2.55. The maximum atomic E-state index is 2.61. The van der Waals surface area contributed by atoms with Gasteiger partial charge in [0.2, 0.25) is 0 Å². The lowest BCUT2D eigenvalue weighted by Crippen LogP contribution is -2.25.